The predicted molar refractivity (Wildman–Crippen MR) is 97.6 cm³/mol. The predicted octanol–water partition coefficient (Wildman–Crippen LogP) is 1.39. The molecule has 6 heteroatoms. The van der Waals surface area contributed by atoms with E-state index in [1.807, 2.05) is 25.1 Å². The number of amides is 2. The maximum Gasteiger partial charge on any atom is 0.259 e. The highest BCUT2D eigenvalue weighted by molar-refractivity contribution is 5.87. The van der Waals surface area contributed by atoms with Crippen LogP contribution in [0.3, 0.4) is 0 Å². The second-order valence-corrected chi connectivity index (χ2v) is 6.84. The lowest BCUT2D eigenvalue weighted by Crippen LogP contribution is -2.51. The summed E-state index contributed by atoms with van der Waals surface area (Å²) in [6.07, 6.45) is 2.56. The molecule has 6 nitrogen and oxygen atoms in total. The Morgan fingerprint density at radius 1 is 1.38 bits per heavy atom. The number of nitrogens with zero attached hydrogens (tertiary/aromatic N) is 1. The Balaban J connectivity index is 1.76. The van der Waals surface area contributed by atoms with Crippen LogP contribution in [0.2, 0.25) is 0 Å². The van der Waals surface area contributed by atoms with Gasteiger partial charge in [0.2, 0.25) is 5.91 Å². The number of benzene rings is 1. The number of rotatable bonds is 4. The molecule has 2 heterocycles. The molecule has 0 spiro atoms. The Kier molecular flexibility index (Phi) is 5.74. The number of carbonyl (C=O) groups excluding carboxylic acids is 2. The highest BCUT2D eigenvalue weighted by atomic mass is 16.5. The summed E-state index contributed by atoms with van der Waals surface area (Å²) < 4.78 is 11.8. The SMILES string of the molecule is C=CC(=O)NCC1CN(C(=O)C2(C)OCCc3ccccc32)CCCO1. The minimum absolute atomic E-state index is 0.0461. The van der Waals surface area contributed by atoms with E-state index in [-0.39, 0.29) is 17.9 Å². The van der Waals surface area contributed by atoms with Crippen LogP contribution in [0.15, 0.2) is 36.9 Å². The van der Waals surface area contributed by atoms with Crippen molar-refractivity contribution < 1.29 is 19.1 Å². The first-order valence-corrected chi connectivity index (χ1v) is 9.08. The van der Waals surface area contributed by atoms with Crippen LogP contribution in [0.5, 0.6) is 0 Å². The van der Waals surface area contributed by atoms with Crippen molar-refractivity contribution >= 4 is 11.8 Å². The smallest absolute Gasteiger partial charge is 0.259 e. The highest BCUT2D eigenvalue weighted by Gasteiger charge is 2.43. The minimum atomic E-state index is -0.978. The zero-order chi connectivity index (χ0) is 18.6. The molecule has 1 saturated heterocycles. The molecule has 1 aromatic carbocycles. The van der Waals surface area contributed by atoms with Gasteiger partial charge in [0.1, 0.15) is 0 Å². The second-order valence-electron chi connectivity index (χ2n) is 6.84. The summed E-state index contributed by atoms with van der Waals surface area (Å²) in [6.45, 7) is 7.79. The van der Waals surface area contributed by atoms with Gasteiger partial charge in [0.25, 0.3) is 5.91 Å². The third-order valence-electron chi connectivity index (χ3n) is 5.03. The third-order valence-corrected chi connectivity index (χ3v) is 5.03. The Bertz CT molecular complexity index is 690. The van der Waals surface area contributed by atoms with Gasteiger partial charge in [-0.15, -0.1) is 0 Å². The first kappa shape index (κ1) is 18.6. The molecule has 140 valence electrons. The quantitative estimate of drug-likeness (QED) is 0.826. The molecule has 0 aliphatic carbocycles. The molecule has 2 atom stereocenters. The van der Waals surface area contributed by atoms with Crippen molar-refractivity contribution in [1.82, 2.24) is 10.2 Å². The lowest BCUT2D eigenvalue weighted by atomic mass is 9.86. The van der Waals surface area contributed by atoms with Crippen LogP contribution >= 0.6 is 0 Å². The molecule has 1 fully saturated rings. The van der Waals surface area contributed by atoms with Gasteiger partial charge in [-0.2, -0.15) is 0 Å². The van der Waals surface area contributed by atoms with E-state index in [0.29, 0.717) is 32.8 Å². The molecular formula is C20H26N2O4. The standard InChI is InChI=1S/C20H26N2O4/c1-3-18(23)21-13-16-14-22(10-6-11-25-16)19(24)20(2)17-8-5-4-7-15(17)9-12-26-20/h3-5,7-8,16H,1,6,9-14H2,2H3,(H,21,23). The van der Waals surface area contributed by atoms with Crippen molar-refractivity contribution in [2.75, 3.05) is 32.8 Å². The molecule has 0 saturated carbocycles. The summed E-state index contributed by atoms with van der Waals surface area (Å²) in [4.78, 5) is 26.6. The minimum Gasteiger partial charge on any atom is -0.374 e. The van der Waals surface area contributed by atoms with Crippen molar-refractivity contribution in [2.24, 2.45) is 0 Å². The van der Waals surface area contributed by atoms with E-state index in [0.717, 1.165) is 24.0 Å². The Morgan fingerprint density at radius 2 is 2.19 bits per heavy atom. The summed E-state index contributed by atoms with van der Waals surface area (Å²) in [5, 5.41) is 2.74. The average Bonchev–Trinajstić information content (AvgIpc) is 2.91. The van der Waals surface area contributed by atoms with Gasteiger partial charge < -0.3 is 19.7 Å². The lowest BCUT2D eigenvalue weighted by molar-refractivity contribution is -0.160. The molecule has 3 rings (SSSR count). The number of hydrogen-bond donors (Lipinski definition) is 1. The molecule has 26 heavy (non-hydrogen) atoms. The van der Waals surface area contributed by atoms with Gasteiger partial charge in [0.15, 0.2) is 5.60 Å². The molecule has 2 aliphatic heterocycles. The summed E-state index contributed by atoms with van der Waals surface area (Å²) in [7, 11) is 0. The molecular weight excluding hydrogens is 332 g/mol. The summed E-state index contributed by atoms with van der Waals surface area (Å²) in [5.74, 6) is -0.289. The van der Waals surface area contributed by atoms with Gasteiger partial charge in [-0.3, -0.25) is 9.59 Å². The van der Waals surface area contributed by atoms with Gasteiger partial charge >= 0.3 is 0 Å². The average molecular weight is 358 g/mol. The molecule has 1 N–H and O–H groups in total. The van der Waals surface area contributed by atoms with Crippen molar-refractivity contribution in [3.05, 3.63) is 48.0 Å². The third kappa shape index (κ3) is 3.81. The van der Waals surface area contributed by atoms with Gasteiger partial charge in [0, 0.05) is 26.2 Å². The second kappa shape index (κ2) is 8.01. The van der Waals surface area contributed by atoms with Gasteiger partial charge in [0.05, 0.1) is 12.7 Å². The van der Waals surface area contributed by atoms with Crippen LogP contribution in [0.4, 0.5) is 0 Å². The van der Waals surface area contributed by atoms with E-state index in [1.165, 1.54) is 6.08 Å². The van der Waals surface area contributed by atoms with Gasteiger partial charge in [-0.1, -0.05) is 30.8 Å². The zero-order valence-electron chi connectivity index (χ0n) is 15.2. The van der Waals surface area contributed by atoms with Crippen molar-refractivity contribution in [3.63, 3.8) is 0 Å². The highest BCUT2D eigenvalue weighted by Crippen LogP contribution is 2.35. The summed E-state index contributed by atoms with van der Waals surface area (Å²) in [6, 6.07) is 7.97. The largest absolute Gasteiger partial charge is 0.374 e. The molecule has 0 radical (unpaired) electrons. The molecule has 0 bridgehead atoms. The number of carbonyl (C=O) groups is 2. The first-order chi connectivity index (χ1) is 12.5. The molecule has 2 aliphatic rings. The van der Waals surface area contributed by atoms with E-state index in [2.05, 4.69) is 18.0 Å². The van der Waals surface area contributed by atoms with Gasteiger partial charge in [-0.25, -0.2) is 0 Å². The van der Waals surface area contributed by atoms with E-state index < -0.39 is 5.60 Å². The molecule has 2 unspecified atom stereocenters. The molecule has 2 amide bonds. The van der Waals surface area contributed by atoms with Crippen molar-refractivity contribution in [2.45, 2.75) is 31.5 Å². The number of hydrogen-bond acceptors (Lipinski definition) is 4. The zero-order valence-corrected chi connectivity index (χ0v) is 15.2. The number of ether oxygens (including phenoxy) is 2. The fourth-order valence-corrected chi connectivity index (χ4v) is 3.61. The van der Waals surface area contributed by atoms with Crippen LogP contribution < -0.4 is 5.32 Å². The molecule has 1 aromatic rings. The van der Waals surface area contributed by atoms with Crippen LogP contribution in [0.1, 0.15) is 24.5 Å². The van der Waals surface area contributed by atoms with Gasteiger partial charge in [-0.05, 0) is 37.0 Å². The van der Waals surface area contributed by atoms with Crippen LogP contribution in [0, 0.1) is 0 Å². The maximum atomic E-state index is 13.4. The lowest BCUT2D eigenvalue weighted by Gasteiger charge is -2.38. The maximum absolute atomic E-state index is 13.4. The van der Waals surface area contributed by atoms with E-state index >= 15 is 0 Å². The topological polar surface area (TPSA) is 67.9 Å². The van der Waals surface area contributed by atoms with Crippen LogP contribution in [-0.2, 0) is 31.1 Å². The Morgan fingerprint density at radius 3 is 3.00 bits per heavy atom. The fraction of sp³-hybridized carbons (Fsp3) is 0.500. The Labute approximate surface area is 154 Å². The monoisotopic (exact) mass is 358 g/mol. The molecule has 0 aromatic heterocycles. The normalized spacial score (nSPS) is 25.7. The van der Waals surface area contributed by atoms with E-state index in [9.17, 15) is 9.59 Å². The summed E-state index contributed by atoms with van der Waals surface area (Å²) in [5.41, 5.74) is 1.13. The first-order valence-electron chi connectivity index (χ1n) is 9.08. The number of fused-ring (bicyclic) bond motifs is 1. The van der Waals surface area contributed by atoms with E-state index in [1.54, 1.807) is 4.90 Å². The van der Waals surface area contributed by atoms with Crippen LogP contribution in [0.25, 0.3) is 0 Å². The van der Waals surface area contributed by atoms with Crippen LogP contribution in [-0.4, -0.2) is 55.7 Å². The number of nitrogens with one attached hydrogen (secondary N) is 1. The fourth-order valence-electron chi connectivity index (χ4n) is 3.61. The van der Waals surface area contributed by atoms with Crippen molar-refractivity contribution in [1.29, 1.82) is 0 Å². The van der Waals surface area contributed by atoms with Crippen molar-refractivity contribution in [3.8, 4) is 0 Å². The summed E-state index contributed by atoms with van der Waals surface area (Å²) >= 11 is 0. The Hall–Kier alpha value is -2.18. The van der Waals surface area contributed by atoms with E-state index in [4.69, 9.17) is 9.47 Å².